The number of carbonyl (C=O) groups excluding carboxylic acids is 2. The number of rotatable bonds is 5. The first-order chi connectivity index (χ1) is 10.2. The Kier molecular flexibility index (Phi) is 5.78. The van der Waals surface area contributed by atoms with Gasteiger partial charge in [0.05, 0.1) is 13.5 Å². The molecule has 0 saturated heterocycles. The first-order valence-electron chi connectivity index (χ1n) is 7.65. The fourth-order valence-electron chi connectivity index (χ4n) is 2.90. The zero-order valence-corrected chi connectivity index (χ0v) is 12.6. The van der Waals surface area contributed by atoms with Gasteiger partial charge in [-0.05, 0) is 25.0 Å². The summed E-state index contributed by atoms with van der Waals surface area (Å²) in [6.07, 6.45) is 5.86. The van der Waals surface area contributed by atoms with Crippen LogP contribution in [-0.2, 0) is 9.53 Å². The minimum absolute atomic E-state index is 0.0198. The van der Waals surface area contributed by atoms with Crippen LogP contribution in [0.25, 0.3) is 0 Å². The Labute approximate surface area is 126 Å². The lowest BCUT2D eigenvalue weighted by Crippen LogP contribution is -2.42. The van der Waals surface area contributed by atoms with E-state index in [9.17, 15) is 9.59 Å². The predicted octanol–water partition coefficient (Wildman–Crippen LogP) is 3.02. The summed E-state index contributed by atoms with van der Waals surface area (Å²) in [6, 6.07) is 9.54. The maximum absolute atomic E-state index is 12.7. The van der Waals surface area contributed by atoms with Gasteiger partial charge in [0.25, 0.3) is 5.91 Å². The molecular formula is C17H23NO3. The van der Waals surface area contributed by atoms with Crippen molar-refractivity contribution in [2.24, 2.45) is 0 Å². The van der Waals surface area contributed by atoms with Gasteiger partial charge in [0.1, 0.15) is 0 Å². The molecule has 0 N–H and O–H groups in total. The molecule has 0 atom stereocenters. The molecule has 1 aromatic rings. The fraction of sp³-hybridized carbons (Fsp3) is 0.529. The predicted molar refractivity (Wildman–Crippen MR) is 81.0 cm³/mol. The van der Waals surface area contributed by atoms with E-state index in [2.05, 4.69) is 0 Å². The van der Waals surface area contributed by atoms with Crippen LogP contribution in [0, 0.1) is 0 Å². The number of benzene rings is 1. The lowest BCUT2D eigenvalue weighted by atomic mass is 9.93. The Morgan fingerprint density at radius 1 is 1.14 bits per heavy atom. The number of hydrogen-bond donors (Lipinski definition) is 0. The maximum Gasteiger partial charge on any atom is 0.307 e. The van der Waals surface area contributed by atoms with Crippen LogP contribution in [0.4, 0.5) is 0 Å². The van der Waals surface area contributed by atoms with Gasteiger partial charge in [0.2, 0.25) is 0 Å². The number of hydrogen-bond acceptors (Lipinski definition) is 3. The van der Waals surface area contributed by atoms with Gasteiger partial charge in [0, 0.05) is 18.2 Å². The summed E-state index contributed by atoms with van der Waals surface area (Å²) in [6.45, 7) is 0.436. The lowest BCUT2D eigenvalue weighted by Gasteiger charge is -2.34. The van der Waals surface area contributed by atoms with Crippen LogP contribution < -0.4 is 0 Å². The SMILES string of the molecule is COC(=O)CCN(C(=O)c1ccccc1)C1CCCCC1. The lowest BCUT2D eigenvalue weighted by molar-refractivity contribution is -0.140. The molecule has 4 heteroatoms. The number of nitrogens with zero attached hydrogens (tertiary/aromatic N) is 1. The van der Waals surface area contributed by atoms with Crippen molar-refractivity contribution in [1.82, 2.24) is 4.90 Å². The third kappa shape index (κ3) is 4.31. The Morgan fingerprint density at radius 2 is 1.81 bits per heavy atom. The molecule has 0 heterocycles. The van der Waals surface area contributed by atoms with Crippen molar-refractivity contribution in [2.75, 3.05) is 13.7 Å². The molecule has 1 amide bonds. The van der Waals surface area contributed by atoms with Crippen LogP contribution >= 0.6 is 0 Å². The van der Waals surface area contributed by atoms with Gasteiger partial charge >= 0.3 is 5.97 Å². The summed E-state index contributed by atoms with van der Waals surface area (Å²) in [5.74, 6) is -0.247. The first-order valence-corrected chi connectivity index (χ1v) is 7.65. The fourth-order valence-corrected chi connectivity index (χ4v) is 2.90. The van der Waals surface area contributed by atoms with Gasteiger partial charge in [-0.2, -0.15) is 0 Å². The van der Waals surface area contributed by atoms with Crippen LogP contribution in [0.15, 0.2) is 30.3 Å². The van der Waals surface area contributed by atoms with Crippen molar-refractivity contribution in [2.45, 2.75) is 44.6 Å². The van der Waals surface area contributed by atoms with Crippen LogP contribution in [0.5, 0.6) is 0 Å². The average molecular weight is 289 g/mol. The molecule has 21 heavy (non-hydrogen) atoms. The van der Waals surface area contributed by atoms with Crippen LogP contribution in [-0.4, -0.2) is 36.5 Å². The standard InChI is InChI=1S/C17H23NO3/c1-21-16(19)12-13-18(15-10-6-3-7-11-15)17(20)14-8-4-2-5-9-14/h2,4-5,8-9,15H,3,6-7,10-13H2,1H3. The molecule has 0 bridgehead atoms. The van der Waals surface area contributed by atoms with Crippen LogP contribution in [0.1, 0.15) is 48.9 Å². The highest BCUT2D eigenvalue weighted by Crippen LogP contribution is 2.24. The van der Waals surface area contributed by atoms with Crippen LogP contribution in [0.2, 0.25) is 0 Å². The van der Waals surface area contributed by atoms with Crippen molar-refractivity contribution in [1.29, 1.82) is 0 Å². The van der Waals surface area contributed by atoms with Gasteiger partial charge < -0.3 is 9.64 Å². The van der Waals surface area contributed by atoms with E-state index in [0.717, 1.165) is 25.7 Å². The Balaban J connectivity index is 2.10. The summed E-state index contributed by atoms with van der Waals surface area (Å²) in [4.78, 5) is 26.0. The Hall–Kier alpha value is -1.84. The number of ether oxygens (including phenoxy) is 1. The average Bonchev–Trinajstić information content (AvgIpc) is 2.56. The molecule has 0 spiro atoms. The molecule has 4 nitrogen and oxygen atoms in total. The molecule has 0 radical (unpaired) electrons. The quantitative estimate of drug-likeness (QED) is 0.783. The first kappa shape index (κ1) is 15.5. The van der Waals surface area contributed by atoms with E-state index >= 15 is 0 Å². The summed E-state index contributed by atoms with van der Waals surface area (Å²) in [5.41, 5.74) is 0.688. The summed E-state index contributed by atoms with van der Waals surface area (Å²) in [5, 5.41) is 0. The van der Waals surface area contributed by atoms with E-state index in [1.165, 1.54) is 13.5 Å². The van der Waals surface area contributed by atoms with Gasteiger partial charge in [-0.15, -0.1) is 0 Å². The van der Waals surface area contributed by atoms with Crippen molar-refractivity contribution < 1.29 is 14.3 Å². The molecule has 0 unspecified atom stereocenters. The minimum atomic E-state index is -0.267. The normalized spacial score (nSPS) is 15.5. The van der Waals surface area contributed by atoms with E-state index in [1.54, 1.807) is 0 Å². The number of amides is 1. The van der Waals surface area contributed by atoms with Crippen molar-refractivity contribution in [3.05, 3.63) is 35.9 Å². The van der Waals surface area contributed by atoms with Crippen LogP contribution in [0.3, 0.4) is 0 Å². The third-order valence-corrected chi connectivity index (χ3v) is 4.08. The van der Waals surface area contributed by atoms with Gasteiger partial charge in [-0.1, -0.05) is 37.5 Å². The summed E-state index contributed by atoms with van der Waals surface area (Å²) in [7, 11) is 1.38. The molecule has 1 aliphatic carbocycles. The monoisotopic (exact) mass is 289 g/mol. The highest BCUT2D eigenvalue weighted by molar-refractivity contribution is 5.94. The number of esters is 1. The second kappa shape index (κ2) is 7.81. The second-order valence-corrected chi connectivity index (χ2v) is 5.48. The van der Waals surface area contributed by atoms with Gasteiger partial charge in [-0.25, -0.2) is 0 Å². The van der Waals surface area contributed by atoms with E-state index in [1.807, 2.05) is 35.2 Å². The molecule has 1 fully saturated rings. The Bertz CT molecular complexity index is 466. The highest BCUT2D eigenvalue weighted by Gasteiger charge is 2.26. The van der Waals surface area contributed by atoms with Crippen molar-refractivity contribution >= 4 is 11.9 Å². The van der Waals surface area contributed by atoms with Crippen molar-refractivity contribution in [3.8, 4) is 0 Å². The molecule has 1 saturated carbocycles. The third-order valence-electron chi connectivity index (χ3n) is 4.08. The van der Waals surface area contributed by atoms with Gasteiger partial charge in [0.15, 0.2) is 0 Å². The van der Waals surface area contributed by atoms with Crippen molar-refractivity contribution in [3.63, 3.8) is 0 Å². The minimum Gasteiger partial charge on any atom is -0.469 e. The number of methoxy groups -OCH3 is 1. The zero-order chi connectivity index (χ0) is 15.1. The molecule has 114 valence electrons. The second-order valence-electron chi connectivity index (χ2n) is 5.48. The molecule has 0 aromatic heterocycles. The van der Waals surface area contributed by atoms with E-state index in [0.29, 0.717) is 12.1 Å². The van der Waals surface area contributed by atoms with Gasteiger partial charge in [-0.3, -0.25) is 9.59 Å². The van der Waals surface area contributed by atoms with E-state index < -0.39 is 0 Å². The van der Waals surface area contributed by atoms with E-state index in [-0.39, 0.29) is 24.3 Å². The van der Waals surface area contributed by atoms with E-state index in [4.69, 9.17) is 4.74 Å². The largest absolute Gasteiger partial charge is 0.469 e. The summed E-state index contributed by atoms with van der Waals surface area (Å²) >= 11 is 0. The maximum atomic E-state index is 12.7. The molecular weight excluding hydrogens is 266 g/mol. The topological polar surface area (TPSA) is 46.6 Å². The highest BCUT2D eigenvalue weighted by atomic mass is 16.5. The molecule has 2 rings (SSSR count). The smallest absolute Gasteiger partial charge is 0.307 e. The molecule has 1 aliphatic rings. The Morgan fingerprint density at radius 3 is 2.43 bits per heavy atom. The molecule has 0 aliphatic heterocycles. The number of carbonyl (C=O) groups is 2. The summed E-state index contributed by atoms with van der Waals surface area (Å²) < 4.78 is 4.70. The molecule has 1 aromatic carbocycles. The zero-order valence-electron chi connectivity index (χ0n) is 12.6.